The number of likely N-dealkylation sites (N-methyl/N-ethyl adjacent to an activating group) is 1. The van der Waals surface area contributed by atoms with Gasteiger partial charge in [-0.2, -0.15) is 0 Å². The molecule has 0 aliphatic carbocycles. The van der Waals surface area contributed by atoms with Gasteiger partial charge in [0.2, 0.25) is 5.43 Å². The number of aliphatic hydroxyl groups is 3. The van der Waals surface area contributed by atoms with Gasteiger partial charge in [0.15, 0.2) is 18.7 Å². The average Bonchev–Trinajstić information content (AvgIpc) is 3.37. The molecule has 23 heteroatoms. The highest BCUT2D eigenvalue weighted by Gasteiger charge is 2.55. The summed E-state index contributed by atoms with van der Waals surface area (Å²) in [5, 5.41) is 50.5. The molecule has 2 aromatic rings. The molecule has 5 heterocycles. The van der Waals surface area contributed by atoms with Gasteiger partial charge in [0.25, 0.3) is 0 Å². The number of hydrogen-bond donors (Lipinski definition) is 5. The molecule has 0 aromatic carbocycles. The average molecular weight is 1110 g/mol. The summed E-state index contributed by atoms with van der Waals surface area (Å²) in [6.07, 6.45) is -6.89. The third-order valence-electron chi connectivity index (χ3n) is 16.0. The number of rotatable bonds is 18. The monoisotopic (exact) mass is 1110 g/mol. The number of nitrogens with one attached hydrogen (secondary N) is 1. The van der Waals surface area contributed by atoms with E-state index in [1.807, 2.05) is 32.8 Å². The van der Waals surface area contributed by atoms with E-state index in [9.17, 15) is 44.4 Å². The number of carboxylic acids is 1. The summed E-state index contributed by atoms with van der Waals surface area (Å²) in [5.74, 6) is -6.19. The molecular weight excluding hydrogens is 1020 g/mol. The van der Waals surface area contributed by atoms with Crippen LogP contribution in [0.3, 0.4) is 0 Å². The van der Waals surface area contributed by atoms with Gasteiger partial charge < -0.3 is 73.5 Å². The van der Waals surface area contributed by atoms with Gasteiger partial charge in [-0.3, -0.25) is 23.9 Å². The Morgan fingerprint density at radius 2 is 1.57 bits per heavy atom. The van der Waals surface area contributed by atoms with Gasteiger partial charge in [-0.25, -0.2) is 9.78 Å². The molecule has 77 heavy (non-hydrogen) atoms. The van der Waals surface area contributed by atoms with Crippen molar-refractivity contribution in [2.75, 3.05) is 66.3 Å². The maximum Gasteiger partial charge on any atom is 0.341 e. The number of ether oxygens (including phenoxy) is 8. The van der Waals surface area contributed by atoms with E-state index >= 15 is 0 Å². The van der Waals surface area contributed by atoms with E-state index in [2.05, 4.69) is 10.3 Å². The van der Waals surface area contributed by atoms with Crippen LogP contribution in [0.2, 0.25) is 0 Å². The first-order valence-corrected chi connectivity index (χ1v) is 27.7. The molecule has 22 nitrogen and oxygen atoms in total. The predicted molar refractivity (Wildman–Crippen MR) is 286 cm³/mol. The number of thioether (sulfide) groups is 1. The lowest BCUT2D eigenvalue weighted by Crippen LogP contribution is -2.61. The first-order valence-electron chi connectivity index (χ1n) is 26.7. The van der Waals surface area contributed by atoms with Gasteiger partial charge in [-0.05, 0) is 81.0 Å². The fourth-order valence-electron chi connectivity index (χ4n) is 11.3. The predicted octanol–water partition coefficient (Wildman–Crippen LogP) is 3.37. The van der Waals surface area contributed by atoms with Crippen molar-refractivity contribution >= 4 is 46.4 Å². The van der Waals surface area contributed by atoms with E-state index in [4.69, 9.17) is 37.9 Å². The second-order valence-corrected chi connectivity index (χ2v) is 23.5. The first-order chi connectivity index (χ1) is 36.0. The third kappa shape index (κ3) is 14.6. The molecule has 0 amide bonds. The lowest BCUT2D eigenvalue weighted by atomic mass is 9.74. The van der Waals surface area contributed by atoms with Crippen LogP contribution in [0.1, 0.15) is 112 Å². The molecule has 436 valence electrons. The molecule has 5 rings (SSSR count). The highest BCUT2D eigenvalue weighted by Crippen LogP contribution is 2.42. The molecule has 18 atom stereocenters. The summed E-state index contributed by atoms with van der Waals surface area (Å²) < 4.78 is 52.8. The molecule has 0 saturated carbocycles. The Hall–Kier alpha value is -3.85. The number of carbonyl (C=O) groups excluding carboxylic acids is 3. The minimum atomic E-state index is -2.03. The van der Waals surface area contributed by atoms with E-state index in [1.54, 1.807) is 71.4 Å². The maximum atomic E-state index is 14.6. The molecule has 3 fully saturated rings. The summed E-state index contributed by atoms with van der Waals surface area (Å²) in [7, 11) is 10.2. The molecular formula is C54H87N5O17S. The second-order valence-electron chi connectivity index (χ2n) is 22.4. The fraction of sp³-hybridized carbons (Fsp3) is 0.778. The highest BCUT2D eigenvalue weighted by molar-refractivity contribution is 7.99. The van der Waals surface area contributed by atoms with Crippen LogP contribution >= 0.6 is 11.8 Å². The van der Waals surface area contributed by atoms with Crippen molar-refractivity contribution in [3.8, 4) is 0 Å². The van der Waals surface area contributed by atoms with Crippen LogP contribution in [0.4, 0.5) is 0 Å². The largest absolute Gasteiger partial charge is 0.477 e. The van der Waals surface area contributed by atoms with Crippen LogP contribution in [0.25, 0.3) is 10.9 Å². The third-order valence-corrected chi connectivity index (χ3v) is 17.0. The number of cyclic esters (lactones) is 1. The van der Waals surface area contributed by atoms with E-state index in [0.717, 1.165) is 0 Å². The van der Waals surface area contributed by atoms with Crippen LogP contribution < -0.4 is 15.8 Å². The quantitative estimate of drug-likeness (QED) is 0.0813. The zero-order valence-electron chi connectivity index (χ0n) is 47.8. The van der Waals surface area contributed by atoms with Gasteiger partial charge in [-0.1, -0.05) is 27.7 Å². The van der Waals surface area contributed by atoms with Crippen molar-refractivity contribution in [3.05, 3.63) is 34.2 Å². The van der Waals surface area contributed by atoms with Crippen molar-refractivity contribution in [2.24, 2.45) is 23.7 Å². The van der Waals surface area contributed by atoms with Gasteiger partial charge in [0.1, 0.15) is 34.8 Å². The minimum absolute atomic E-state index is 0.00200. The Kier molecular flexibility index (Phi) is 22.1. The number of pyridine rings is 2. The standard InChI is InChI=1S/C54H87N5O17S/c1-17-38-54(10,68)46(64)30(4)42(61)28(2)24-52(8,69-15)47(76-51-44(63)36(57(11)12)22-29(3)71-51)31(5)45(32(6)50(67)73-38)75-41-25-53(9,70-16)48(33(7)72-41)74-40(60)18-19-55-20-21-77-39-23-34-37(26-56-39)59(58(13)14)27-35(43(34)62)49(65)66/h23,26-33,36,38,41,44-48,51,55,63-64,68H,17-22,24-25H2,1-16H3,(H,65,66)/t28-,29-,30+,31+,32-,33+,36+,38-,41+,44-,45+,46-,47-,48+,51+,52-,53-,54-/m1/s1. The normalized spacial score (nSPS) is 36.8. The Morgan fingerprint density at radius 1 is 0.922 bits per heavy atom. The van der Waals surface area contributed by atoms with Crippen molar-refractivity contribution in [1.29, 1.82) is 0 Å². The Morgan fingerprint density at radius 3 is 2.17 bits per heavy atom. The Bertz CT molecular complexity index is 2410. The number of aliphatic hydroxyl groups excluding tert-OH is 2. The van der Waals surface area contributed by atoms with E-state index in [1.165, 1.54) is 52.2 Å². The summed E-state index contributed by atoms with van der Waals surface area (Å²) in [4.78, 5) is 73.5. The number of carbonyl (C=O) groups is 4. The second kappa shape index (κ2) is 26.6. The van der Waals surface area contributed by atoms with Crippen LogP contribution in [-0.4, -0.2) is 204 Å². The van der Waals surface area contributed by atoms with Gasteiger partial charge in [0.05, 0.1) is 70.6 Å². The minimum Gasteiger partial charge on any atom is -0.477 e. The Labute approximate surface area is 457 Å². The number of hydrogen-bond acceptors (Lipinski definition) is 21. The lowest BCUT2D eigenvalue weighted by Gasteiger charge is -2.50. The highest BCUT2D eigenvalue weighted by atomic mass is 32.2. The SMILES string of the molecule is CC[C@H]1OC(=O)[C@H](C)[C@@H](O[C@H]2C[C@@](C)(OC)[C@@H](OC(=O)CCNCCSc3cc4c(=O)c(C(=O)O)cn(N(C)C)c4cn3)[C@H](C)O2)[C@H](C)[C@@H](O[C@@H]2O[C@H](C)C[C@H](N(C)C)[C@H]2O)[C@](C)(OC)C[C@@H](C)C(=O)[C@H](C)[C@@H](O)[C@]1(C)O. The first kappa shape index (κ1) is 64.0. The molecule has 0 spiro atoms. The topological polar surface area (TPSA) is 276 Å². The summed E-state index contributed by atoms with van der Waals surface area (Å²) in [6, 6.07) is 1.24. The van der Waals surface area contributed by atoms with E-state index < -0.39 is 119 Å². The van der Waals surface area contributed by atoms with Crippen molar-refractivity contribution < 1.29 is 77.5 Å². The molecule has 0 radical (unpaired) electrons. The molecule has 3 aliphatic rings. The molecule has 0 unspecified atom stereocenters. The lowest BCUT2D eigenvalue weighted by molar-refractivity contribution is -0.320. The van der Waals surface area contributed by atoms with Gasteiger partial charge in [-0.15, -0.1) is 11.8 Å². The van der Waals surface area contributed by atoms with Gasteiger partial charge in [0, 0.05) is 83.6 Å². The van der Waals surface area contributed by atoms with E-state index in [0.29, 0.717) is 29.3 Å². The van der Waals surface area contributed by atoms with Crippen LogP contribution in [-0.2, 0) is 52.3 Å². The number of carboxylic acid groups (broad SMARTS) is 1. The van der Waals surface area contributed by atoms with Crippen LogP contribution in [0.5, 0.6) is 0 Å². The number of aromatic nitrogens is 2. The number of methoxy groups -OCH3 is 2. The fourth-order valence-corrected chi connectivity index (χ4v) is 12.1. The van der Waals surface area contributed by atoms with Crippen molar-refractivity contribution in [2.45, 2.75) is 191 Å². The number of Topliss-reactive ketones (excluding diaryl/α,β-unsaturated/α-hetero) is 1. The molecule has 3 aliphatic heterocycles. The summed E-state index contributed by atoms with van der Waals surface area (Å²) >= 11 is 1.36. The zero-order chi connectivity index (χ0) is 57.6. The number of nitrogens with zero attached hydrogens (tertiary/aromatic N) is 4. The van der Waals surface area contributed by atoms with E-state index in [-0.39, 0.29) is 61.1 Å². The molecule has 5 N–H and O–H groups in total. The summed E-state index contributed by atoms with van der Waals surface area (Å²) in [6.45, 7) is 17.7. The number of ketones is 1. The smallest absolute Gasteiger partial charge is 0.341 e. The van der Waals surface area contributed by atoms with Gasteiger partial charge >= 0.3 is 17.9 Å². The number of fused-ring (bicyclic) bond motifs is 1. The van der Waals surface area contributed by atoms with Crippen LogP contribution in [0, 0.1) is 23.7 Å². The number of esters is 2. The molecule has 0 bridgehead atoms. The maximum absolute atomic E-state index is 14.6. The number of aromatic carboxylic acids is 1. The summed E-state index contributed by atoms with van der Waals surface area (Å²) in [5.41, 5.74) is -5.03. The Balaban J connectivity index is 1.35. The zero-order valence-corrected chi connectivity index (χ0v) is 48.7. The molecule has 2 aromatic heterocycles. The van der Waals surface area contributed by atoms with Crippen molar-refractivity contribution in [1.82, 2.24) is 19.9 Å². The molecule has 3 saturated heterocycles. The van der Waals surface area contributed by atoms with Crippen molar-refractivity contribution in [3.63, 3.8) is 0 Å². The van der Waals surface area contributed by atoms with Crippen LogP contribution in [0.15, 0.2) is 28.3 Å².